The predicted octanol–water partition coefficient (Wildman–Crippen LogP) is 2.31. The third-order valence-electron chi connectivity index (χ3n) is 2.85. The summed E-state index contributed by atoms with van der Waals surface area (Å²) in [5.74, 6) is 0.0450. The summed E-state index contributed by atoms with van der Waals surface area (Å²) < 4.78 is 10.7. The molecule has 0 saturated heterocycles. The minimum atomic E-state index is -0.659. The van der Waals surface area contributed by atoms with E-state index in [-0.39, 0.29) is 11.4 Å². The Kier molecular flexibility index (Phi) is 6.38. The summed E-state index contributed by atoms with van der Waals surface area (Å²) in [5, 5.41) is 6.91. The van der Waals surface area contributed by atoms with E-state index >= 15 is 0 Å². The van der Waals surface area contributed by atoms with E-state index in [0.29, 0.717) is 23.0 Å². The number of rotatable bonds is 6. The first-order valence-electron chi connectivity index (χ1n) is 6.77. The molecule has 0 aliphatic carbocycles. The Bertz CT molecular complexity index is 721. The van der Waals surface area contributed by atoms with Gasteiger partial charge in [0, 0.05) is 12.8 Å². The number of nitrogen functional groups attached to an aromatic ring is 1. The number of nitrogens with zero attached hydrogens (tertiary/aromatic N) is 2. The topological polar surface area (TPSA) is 108 Å². The van der Waals surface area contributed by atoms with Gasteiger partial charge in [0.25, 0.3) is 0 Å². The summed E-state index contributed by atoms with van der Waals surface area (Å²) in [6.45, 7) is 0. The number of aromatic nitrogens is 2. The highest BCUT2D eigenvalue weighted by Crippen LogP contribution is 2.31. The minimum Gasteiger partial charge on any atom is -0.465 e. The first-order valence-corrected chi connectivity index (χ1v) is 8.45. The number of hydrogen-bond donors (Lipinski definition) is 2. The lowest BCUT2D eigenvalue weighted by molar-refractivity contribution is 0.0598. The molecule has 0 radical (unpaired) electrons. The van der Waals surface area contributed by atoms with E-state index < -0.39 is 12.1 Å². The Hall–Kier alpha value is -2.33. The molecule has 0 spiro atoms. The van der Waals surface area contributed by atoms with Gasteiger partial charge in [0.1, 0.15) is 10.6 Å². The number of methoxy groups -OCH3 is 1. The summed E-state index contributed by atoms with van der Waals surface area (Å²) in [5.41, 5.74) is 7.15. The van der Waals surface area contributed by atoms with Crippen LogP contribution >= 0.6 is 24.0 Å². The lowest BCUT2D eigenvalue weighted by Gasteiger charge is -2.02. The molecule has 24 heavy (non-hydrogen) atoms. The van der Waals surface area contributed by atoms with Crippen LogP contribution in [0.1, 0.15) is 15.9 Å². The number of amides is 1. The molecule has 128 valence electrons. The third kappa shape index (κ3) is 4.36. The van der Waals surface area contributed by atoms with Gasteiger partial charge in [0.2, 0.25) is 12.2 Å². The van der Waals surface area contributed by atoms with Crippen molar-refractivity contribution in [2.24, 2.45) is 0 Å². The van der Waals surface area contributed by atoms with E-state index in [1.165, 1.54) is 25.9 Å². The highest BCUT2D eigenvalue weighted by Gasteiger charge is 2.24. The lowest BCUT2D eigenvalue weighted by atomic mass is 10.2. The van der Waals surface area contributed by atoms with Crippen LogP contribution in [0.4, 0.5) is 10.6 Å². The van der Waals surface area contributed by atoms with Crippen LogP contribution < -0.4 is 11.1 Å². The molecule has 0 saturated carbocycles. The van der Waals surface area contributed by atoms with Gasteiger partial charge in [-0.1, -0.05) is 42.1 Å². The van der Waals surface area contributed by atoms with Gasteiger partial charge in [-0.15, -0.1) is 5.10 Å². The van der Waals surface area contributed by atoms with Crippen LogP contribution in [0.5, 0.6) is 0 Å². The molecule has 0 bridgehead atoms. The number of hydrogen-bond acceptors (Lipinski definition) is 8. The first kappa shape index (κ1) is 18.0. The molecule has 1 amide bonds. The molecule has 2 rings (SSSR count). The van der Waals surface area contributed by atoms with E-state index in [1.807, 2.05) is 30.3 Å². The fourth-order valence-electron chi connectivity index (χ4n) is 1.68. The average Bonchev–Trinajstić information content (AvgIpc) is 2.93. The molecule has 10 heteroatoms. The fraction of sp³-hybridized carbons (Fsp3) is 0.214. The number of nitrogens with two attached hydrogens (primary N) is 1. The molecule has 2 aromatic rings. The van der Waals surface area contributed by atoms with Crippen molar-refractivity contribution in [1.29, 1.82) is 0 Å². The molecule has 3 N–H and O–H groups in total. The second-order valence-electron chi connectivity index (χ2n) is 4.40. The maximum Gasteiger partial charge on any atom is 0.420 e. The van der Waals surface area contributed by atoms with E-state index in [0.717, 1.165) is 9.65 Å². The van der Waals surface area contributed by atoms with Crippen molar-refractivity contribution >= 4 is 41.9 Å². The first-order chi connectivity index (χ1) is 11.6. The van der Waals surface area contributed by atoms with Crippen LogP contribution in [0.25, 0.3) is 0 Å². The summed E-state index contributed by atoms with van der Waals surface area (Å²) in [6.07, 6.45) is -0.659. The van der Waals surface area contributed by atoms with Crippen LogP contribution in [-0.2, 0) is 14.7 Å². The van der Waals surface area contributed by atoms with Gasteiger partial charge in [-0.05, 0) is 5.56 Å². The Morgan fingerprint density at radius 1 is 1.33 bits per heavy atom. The SMILES string of the molecule is CNC(=O)OSn1nc(SCc2ccccc2)c(C(=O)OC)c1N. The largest absolute Gasteiger partial charge is 0.465 e. The van der Waals surface area contributed by atoms with Crippen molar-refractivity contribution < 1.29 is 18.5 Å². The predicted molar refractivity (Wildman–Crippen MR) is 92.5 cm³/mol. The number of benzene rings is 1. The summed E-state index contributed by atoms with van der Waals surface area (Å²) in [7, 11) is 2.69. The van der Waals surface area contributed by atoms with Crippen molar-refractivity contribution in [1.82, 2.24) is 14.5 Å². The summed E-state index contributed by atoms with van der Waals surface area (Å²) in [6, 6.07) is 9.71. The van der Waals surface area contributed by atoms with E-state index in [9.17, 15) is 9.59 Å². The number of esters is 1. The van der Waals surface area contributed by atoms with Crippen LogP contribution in [0, 0.1) is 0 Å². The van der Waals surface area contributed by atoms with E-state index in [4.69, 9.17) is 14.7 Å². The zero-order valence-electron chi connectivity index (χ0n) is 13.0. The van der Waals surface area contributed by atoms with Crippen molar-refractivity contribution in [3.63, 3.8) is 0 Å². The molecule has 0 aliphatic rings. The normalized spacial score (nSPS) is 10.2. The molecule has 1 aromatic carbocycles. The number of ether oxygens (including phenoxy) is 1. The molecule has 1 aromatic heterocycles. The van der Waals surface area contributed by atoms with Crippen LogP contribution in [0.15, 0.2) is 35.4 Å². The van der Waals surface area contributed by atoms with Gasteiger partial charge in [-0.2, -0.15) is 4.09 Å². The maximum atomic E-state index is 12.0. The Morgan fingerprint density at radius 2 is 2.04 bits per heavy atom. The Balaban J connectivity index is 2.21. The van der Waals surface area contributed by atoms with Gasteiger partial charge < -0.3 is 20.0 Å². The van der Waals surface area contributed by atoms with Crippen molar-refractivity contribution in [2.45, 2.75) is 10.8 Å². The van der Waals surface area contributed by atoms with E-state index in [2.05, 4.69) is 10.4 Å². The maximum absolute atomic E-state index is 12.0. The highest BCUT2D eigenvalue weighted by atomic mass is 32.2. The number of anilines is 1. The monoisotopic (exact) mass is 368 g/mol. The van der Waals surface area contributed by atoms with Crippen LogP contribution in [0.2, 0.25) is 0 Å². The quantitative estimate of drug-likeness (QED) is 0.454. The molecule has 0 fully saturated rings. The Labute approximate surface area is 147 Å². The Morgan fingerprint density at radius 3 is 2.67 bits per heavy atom. The second-order valence-corrected chi connectivity index (χ2v) is 6.03. The molecule has 0 atom stereocenters. The van der Waals surface area contributed by atoms with Crippen LogP contribution in [-0.4, -0.2) is 35.4 Å². The zero-order valence-corrected chi connectivity index (χ0v) is 14.6. The van der Waals surface area contributed by atoms with Crippen molar-refractivity contribution in [2.75, 3.05) is 19.9 Å². The average molecular weight is 368 g/mol. The van der Waals surface area contributed by atoms with Crippen molar-refractivity contribution in [3.8, 4) is 0 Å². The number of carbonyl (C=O) groups is 2. The summed E-state index contributed by atoms with van der Waals surface area (Å²) >= 11 is 1.95. The second kappa shape index (κ2) is 8.50. The molecular weight excluding hydrogens is 352 g/mol. The van der Waals surface area contributed by atoms with Gasteiger partial charge in [-0.25, -0.2) is 9.59 Å². The highest BCUT2D eigenvalue weighted by molar-refractivity contribution is 7.98. The standard InChI is InChI=1S/C14H16N4O4S2/c1-16-14(20)22-24-18-11(15)10(13(19)21-2)12(17-18)23-8-9-6-4-3-5-7-9/h3-7H,8,15H2,1-2H3,(H,16,20). The molecule has 0 unspecified atom stereocenters. The number of thioether (sulfide) groups is 1. The van der Waals surface area contributed by atoms with Gasteiger partial charge in [-0.3, -0.25) is 0 Å². The smallest absolute Gasteiger partial charge is 0.420 e. The number of carbonyl (C=O) groups excluding carboxylic acids is 2. The molecular formula is C14H16N4O4S2. The number of nitrogens with one attached hydrogen (secondary N) is 1. The van der Waals surface area contributed by atoms with Gasteiger partial charge in [0.05, 0.1) is 7.11 Å². The van der Waals surface area contributed by atoms with Gasteiger partial charge >= 0.3 is 12.1 Å². The lowest BCUT2D eigenvalue weighted by Crippen LogP contribution is -2.17. The molecule has 1 heterocycles. The fourth-order valence-corrected chi connectivity index (χ4v) is 3.21. The summed E-state index contributed by atoms with van der Waals surface area (Å²) in [4.78, 5) is 23.1. The third-order valence-corrected chi connectivity index (χ3v) is 4.54. The van der Waals surface area contributed by atoms with Gasteiger partial charge in [0.15, 0.2) is 5.82 Å². The zero-order chi connectivity index (χ0) is 17.5. The molecule has 0 aliphatic heterocycles. The minimum absolute atomic E-state index is 0.0475. The van der Waals surface area contributed by atoms with Crippen LogP contribution in [0.3, 0.4) is 0 Å². The van der Waals surface area contributed by atoms with Crippen molar-refractivity contribution in [3.05, 3.63) is 41.5 Å². The van der Waals surface area contributed by atoms with E-state index in [1.54, 1.807) is 0 Å². The molecule has 8 nitrogen and oxygen atoms in total.